The van der Waals surface area contributed by atoms with Crippen LogP contribution in [0.1, 0.15) is 48.9 Å². The van der Waals surface area contributed by atoms with E-state index in [1.54, 1.807) is 0 Å². The Hall–Kier alpha value is -0.420. The Morgan fingerprint density at radius 2 is 2.15 bits per heavy atom. The van der Waals surface area contributed by atoms with Gasteiger partial charge in [0.05, 0.1) is 6.10 Å². The van der Waals surface area contributed by atoms with Crippen molar-refractivity contribution in [2.24, 2.45) is 5.73 Å². The van der Waals surface area contributed by atoms with Gasteiger partial charge in [0.15, 0.2) is 0 Å². The van der Waals surface area contributed by atoms with Crippen LogP contribution >= 0.6 is 11.3 Å². The molecule has 0 aliphatic carbocycles. The molecule has 3 nitrogen and oxygen atoms in total. The van der Waals surface area contributed by atoms with Crippen LogP contribution in [0.5, 0.6) is 0 Å². The van der Waals surface area contributed by atoms with Crippen LogP contribution in [0.15, 0.2) is 12.1 Å². The van der Waals surface area contributed by atoms with E-state index in [0.717, 1.165) is 51.9 Å². The summed E-state index contributed by atoms with van der Waals surface area (Å²) in [5.74, 6) is 0. The molecule has 1 fully saturated rings. The molecule has 1 saturated heterocycles. The minimum atomic E-state index is 0.444. The lowest BCUT2D eigenvalue weighted by atomic mass is 10.1. The standard InChI is InChI=1S/C16H28N2OS/c1-3-15-5-6-16(20-15)13(2)18-10-7-14(8-11-18)19-12-4-9-17/h5-6,13-14H,3-4,7-12,17H2,1-2H3. The summed E-state index contributed by atoms with van der Waals surface area (Å²) in [5.41, 5.74) is 5.50. The van der Waals surface area contributed by atoms with Crippen LogP contribution in [0.3, 0.4) is 0 Å². The molecule has 1 aliphatic rings. The zero-order chi connectivity index (χ0) is 14.4. The van der Waals surface area contributed by atoms with E-state index in [1.165, 1.54) is 9.75 Å². The second-order valence-electron chi connectivity index (χ2n) is 5.58. The minimum absolute atomic E-state index is 0.444. The van der Waals surface area contributed by atoms with Crippen LogP contribution in [0.2, 0.25) is 0 Å². The van der Waals surface area contributed by atoms with Crippen molar-refractivity contribution in [2.45, 2.75) is 51.7 Å². The summed E-state index contributed by atoms with van der Waals surface area (Å²) in [6.07, 6.45) is 4.88. The predicted octanol–water partition coefficient (Wildman–Crippen LogP) is 3.20. The van der Waals surface area contributed by atoms with Gasteiger partial charge in [0.2, 0.25) is 0 Å². The molecule has 2 N–H and O–H groups in total. The minimum Gasteiger partial charge on any atom is -0.378 e. The molecule has 2 heterocycles. The van der Waals surface area contributed by atoms with E-state index in [9.17, 15) is 0 Å². The fraction of sp³-hybridized carbons (Fsp3) is 0.750. The molecule has 1 aliphatic heterocycles. The lowest BCUT2D eigenvalue weighted by Crippen LogP contribution is -2.38. The topological polar surface area (TPSA) is 38.5 Å². The van der Waals surface area contributed by atoms with Crippen LogP contribution in [-0.4, -0.2) is 37.2 Å². The number of nitrogens with two attached hydrogens (primary N) is 1. The summed E-state index contributed by atoms with van der Waals surface area (Å²) >= 11 is 1.97. The fourth-order valence-corrected chi connectivity index (χ4v) is 3.79. The number of ether oxygens (including phenoxy) is 1. The van der Waals surface area contributed by atoms with Gasteiger partial charge in [-0.05, 0) is 51.3 Å². The Morgan fingerprint density at radius 1 is 1.40 bits per heavy atom. The van der Waals surface area contributed by atoms with Crippen molar-refractivity contribution in [1.82, 2.24) is 4.90 Å². The van der Waals surface area contributed by atoms with Crippen molar-refractivity contribution in [3.05, 3.63) is 21.9 Å². The lowest BCUT2D eigenvalue weighted by Gasteiger charge is -2.35. The number of thiophene rings is 1. The van der Waals surface area contributed by atoms with E-state index in [4.69, 9.17) is 10.5 Å². The summed E-state index contributed by atoms with van der Waals surface area (Å²) in [6.45, 7) is 8.41. The van der Waals surface area contributed by atoms with E-state index < -0.39 is 0 Å². The van der Waals surface area contributed by atoms with Crippen molar-refractivity contribution < 1.29 is 4.74 Å². The molecule has 4 heteroatoms. The maximum absolute atomic E-state index is 5.87. The number of aryl methyl sites for hydroxylation is 1. The van der Waals surface area contributed by atoms with Gasteiger partial charge in [0, 0.05) is 35.5 Å². The number of hydrogen-bond acceptors (Lipinski definition) is 4. The Bertz CT molecular complexity index is 386. The maximum atomic E-state index is 5.87. The van der Waals surface area contributed by atoms with Gasteiger partial charge < -0.3 is 10.5 Å². The predicted molar refractivity (Wildman–Crippen MR) is 86.3 cm³/mol. The Kier molecular flexibility index (Phi) is 6.49. The average Bonchev–Trinajstić information content (AvgIpc) is 2.96. The van der Waals surface area contributed by atoms with Crippen molar-refractivity contribution in [2.75, 3.05) is 26.2 Å². The molecule has 0 radical (unpaired) electrons. The normalized spacial score (nSPS) is 19.4. The summed E-state index contributed by atoms with van der Waals surface area (Å²) in [4.78, 5) is 5.59. The quantitative estimate of drug-likeness (QED) is 0.785. The highest BCUT2D eigenvalue weighted by Gasteiger charge is 2.24. The molecule has 0 amide bonds. The number of likely N-dealkylation sites (tertiary alicyclic amines) is 1. The second-order valence-corrected chi connectivity index (χ2v) is 6.78. The number of rotatable bonds is 7. The molecule has 1 unspecified atom stereocenters. The Morgan fingerprint density at radius 3 is 2.75 bits per heavy atom. The molecule has 20 heavy (non-hydrogen) atoms. The van der Waals surface area contributed by atoms with E-state index in [1.807, 2.05) is 11.3 Å². The molecule has 0 aromatic carbocycles. The van der Waals surface area contributed by atoms with E-state index >= 15 is 0 Å². The number of nitrogens with zero attached hydrogens (tertiary/aromatic N) is 1. The Labute approximate surface area is 127 Å². The van der Waals surface area contributed by atoms with Gasteiger partial charge in [-0.15, -0.1) is 11.3 Å². The van der Waals surface area contributed by atoms with Gasteiger partial charge in [-0.3, -0.25) is 4.90 Å². The van der Waals surface area contributed by atoms with Crippen LogP contribution < -0.4 is 5.73 Å². The molecule has 1 aromatic heterocycles. The summed E-state index contributed by atoms with van der Waals surface area (Å²) in [5, 5.41) is 0. The van der Waals surface area contributed by atoms with Crippen LogP contribution in [-0.2, 0) is 11.2 Å². The molecule has 114 valence electrons. The average molecular weight is 296 g/mol. The van der Waals surface area contributed by atoms with Crippen molar-refractivity contribution >= 4 is 11.3 Å². The van der Waals surface area contributed by atoms with Crippen molar-refractivity contribution in [1.29, 1.82) is 0 Å². The SMILES string of the molecule is CCc1ccc(C(C)N2CCC(OCCCN)CC2)s1. The monoisotopic (exact) mass is 296 g/mol. The van der Waals surface area contributed by atoms with Crippen LogP contribution in [0, 0.1) is 0 Å². The van der Waals surface area contributed by atoms with Crippen LogP contribution in [0.4, 0.5) is 0 Å². The second kappa shape index (κ2) is 8.13. The maximum Gasteiger partial charge on any atom is 0.0599 e. The molecule has 1 atom stereocenters. The summed E-state index contributed by atoms with van der Waals surface area (Å²) < 4.78 is 5.87. The first-order valence-corrected chi connectivity index (χ1v) is 8.70. The van der Waals surface area contributed by atoms with Crippen molar-refractivity contribution in [3.8, 4) is 0 Å². The smallest absolute Gasteiger partial charge is 0.0599 e. The van der Waals surface area contributed by atoms with Crippen LogP contribution in [0.25, 0.3) is 0 Å². The third-order valence-corrected chi connectivity index (χ3v) is 5.57. The highest BCUT2D eigenvalue weighted by Crippen LogP contribution is 2.30. The molecule has 2 rings (SSSR count). The third kappa shape index (κ3) is 4.29. The molecule has 0 bridgehead atoms. The van der Waals surface area contributed by atoms with Gasteiger partial charge in [0.25, 0.3) is 0 Å². The first-order valence-electron chi connectivity index (χ1n) is 7.89. The van der Waals surface area contributed by atoms with Gasteiger partial charge in [-0.2, -0.15) is 0 Å². The van der Waals surface area contributed by atoms with Gasteiger partial charge in [-0.1, -0.05) is 6.92 Å². The van der Waals surface area contributed by atoms with E-state index in [0.29, 0.717) is 12.1 Å². The highest BCUT2D eigenvalue weighted by atomic mass is 32.1. The highest BCUT2D eigenvalue weighted by molar-refractivity contribution is 7.12. The summed E-state index contributed by atoms with van der Waals surface area (Å²) in [7, 11) is 0. The third-order valence-electron chi connectivity index (χ3n) is 4.17. The number of piperidine rings is 1. The van der Waals surface area contributed by atoms with Crippen molar-refractivity contribution in [3.63, 3.8) is 0 Å². The molecule has 1 aromatic rings. The van der Waals surface area contributed by atoms with E-state index in [-0.39, 0.29) is 0 Å². The first kappa shape index (κ1) is 16.0. The fourth-order valence-electron chi connectivity index (χ4n) is 2.75. The van der Waals surface area contributed by atoms with E-state index in [2.05, 4.69) is 30.9 Å². The molecule has 0 saturated carbocycles. The lowest BCUT2D eigenvalue weighted by molar-refractivity contribution is -0.000433. The molecule has 0 spiro atoms. The number of hydrogen-bond donors (Lipinski definition) is 1. The van der Waals surface area contributed by atoms with Gasteiger partial charge in [0.1, 0.15) is 0 Å². The Balaban J connectivity index is 1.78. The molecular formula is C16H28N2OS. The largest absolute Gasteiger partial charge is 0.378 e. The van der Waals surface area contributed by atoms with Gasteiger partial charge in [-0.25, -0.2) is 0 Å². The summed E-state index contributed by atoms with van der Waals surface area (Å²) in [6, 6.07) is 5.13. The molecular weight excluding hydrogens is 268 g/mol. The zero-order valence-electron chi connectivity index (χ0n) is 12.8. The van der Waals surface area contributed by atoms with Gasteiger partial charge >= 0.3 is 0 Å². The first-order chi connectivity index (χ1) is 9.74. The zero-order valence-corrected chi connectivity index (χ0v) is 13.6.